The molecule has 0 saturated heterocycles. The van der Waals surface area contributed by atoms with Gasteiger partial charge in [-0.15, -0.1) is 0 Å². The Hall–Kier alpha value is -3.33. The van der Waals surface area contributed by atoms with Crippen LogP contribution >= 0.6 is 0 Å². The summed E-state index contributed by atoms with van der Waals surface area (Å²) in [6, 6.07) is 4.83. The molecule has 0 fully saturated rings. The number of hydrogen-bond acceptors (Lipinski definition) is 7. The molecule has 0 bridgehead atoms. The molecule has 134 valence electrons. The van der Waals surface area contributed by atoms with Crippen molar-refractivity contribution in [3.05, 3.63) is 44.8 Å². The summed E-state index contributed by atoms with van der Waals surface area (Å²) >= 11 is 0. The van der Waals surface area contributed by atoms with Gasteiger partial charge in [-0.3, -0.25) is 14.9 Å². The van der Waals surface area contributed by atoms with Crippen molar-refractivity contribution in [2.75, 3.05) is 13.2 Å². The third kappa shape index (κ3) is 8.18. The van der Waals surface area contributed by atoms with Crippen molar-refractivity contribution in [2.45, 2.75) is 19.3 Å². The molecule has 0 aromatic heterocycles. The van der Waals surface area contributed by atoms with Gasteiger partial charge in [-0.05, 0) is 30.5 Å². The molecule has 25 heavy (non-hydrogen) atoms. The van der Waals surface area contributed by atoms with Crippen LogP contribution in [0.4, 0.5) is 10.5 Å². The third-order valence-electron chi connectivity index (χ3n) is 3.08. The lowest BCUT2D eigenvalue weighted by molar-refractivity contribution is -0.384. The van der Waals surface area contributed by atoms with Gasteiger partial charge in [0.25, 0.3) is 5.69 Å². The number of benzene rings is 1. The number of hydrogen-bond donors (Lipinski definition) is 1. The van der Waals surface area contributed by atoms with Crippen LogP contribution in [0.15, 0.2) is 29.4 Å². The van der Waals surface area contributed by atoms with Crippen molar-refractivity contribution in [1.82, 2.24) is 0 Å². The molecule has 1 unspecified atom stereocenters. The molecule has 1 N–H and O–H groups in total. The molecule has 0 amide bonds. The molecule has 0 saturated carbocycles. The maximum atomic E-state index is 11.6. The highest BCUT2D eigenvalue weighted by molar-refractivity contribution is 5.67. The first kappa shape index (κ1) is 19.7. The van der Waals surface area contributed by atoms with E-state index in [-0.39, 0.29) is 31.0 Å². The first-order valence-electron chi connectivity index (χ1n) is 7.24. The minimum Gasteiger partial charge on any atom is -0.481 e. The van der Waals surface area contributed by atoms with E-state index in [2.05, 4.69) is 10.0 Å². The third-order valence-corrected chi connectivity index (χ3v) is 3.08. The number of rotatable bonds is 10. The van der Waals surface area contributed by atoms with Crippen LogP contribution in [0.25, 0.3) is 10.4 Å². The number of carbonyl (C=O) groups is 2. The first-order valence-corrected chi connectivity index (χ1v) is 7.24. The highest BCUT2D eigenvalue weighted by Gasteiger charge is 2.17. The van der Waals surface area contributed by atoms with E-state index < -0.39 is 23.0 Å². The zero-order valence-electron chi connectivity index (χ0n) is 13.1. The van der Waals surface area contributed by atoms with Gasteiger partial charge in [0.1, 0.15) is 5.75 Å². The smallest absolute Gasteiger partial charge is 0.481 e. The molecule has 1 aromatic carbocycles. The quantitative estimate of drug-likeness (QED) is 0.0985. The van der Waals surface area contributed by atoms with E-state index in [4.69, 9.17) is 20.1 Å². The maximum Gasteiger partial charge on any atom is 0.513 e. The van der Waals surface area contributed by atoms with Gasteiger partial charge in [-0.1, -0.05) is 5.11 Å². The van der Waals surface area contributed by atoms with Gasteiger partial charge in [0.2, 0.25) is 0 Å². The summed E-state index contributed by atoms with van der Waals surface area (Å²) in [6.45, 7) is 0.0498. The van der Waals surface area contributed by atoms with Gasteiger partial charge in [-0.25, -0.2) is 4.79 Å². The highest BCUT2D eigenvalue weighted by atomic mass is 16.7. The monoisotopic (exact) mass is 352 g/mol. The Labute approximate surface area is 141 Å². The second-order valence-electron chi connectivity index (χ2n) is 4.97. The first-order chi connectivity index (χ1) is 11.9. The fraction of sp³-hybridized carbons (Fsp3) is 0.429. The van der Waals surface area contributed by atoms with E-state index in [1.165, 1.54) is 24.3 Å². The van der Waals surface area contributed by atoms with E-state index in [0.717, 1.165) is 0 Å². The van der Waals surface area contributed by atoms with Gasteiger partial charge in [0.15, 0.2) is 0 Å². The average Bonchev–Trinajstić information content (AvgIpc) is 2.56. The van der Waals surface area contributed by atoms with Crippen molar-refractivity contribution in [3.8, 4) is 5.75 Å². The molecule has 0 heterocycles. The lowest BCUT2D eigenvalue weighted by Crippen LogP contribution is -2.19. The standard InChI is InChI=1S/C14H16N4O7/c15-17-16-7-1-2-10(8-13(19)20)9-24-14(21)25-12-5-3-11(4-6-12)18(22)23/h3-6,10H,1-2,7-9H2,(H,19,20). The van der Waals surface area contributed by atoms with E-state index in [9.17, 15) is 19.7 Å². The Kier molecular flexibility index (Phi) is 8.24. The summed E-state index contributed by atoms with van der Waals surface area (Å²) in [7, 11) is 0. The summed E-state index contributed by atoms with van der Waals surface area (Å²) in [4.78, 5) is 34.9. The highest BCUT2D eigenvalue weighted by Crippen LogP contribution is 2.18. The average molecular weight is 352 g/mol. The predicted octanol–water partition coefficient (Wildman–Crippen LogP) is 3.29. The van der Waals surface area contributed by atoms with Crippen LogP contribution in [0.1, 0.15) is 19.3 Å². The number of aliphatic carboxylic acids is 1. The molecule has 1 atom stereocenters. The minimum atomic E-state index is -1.04. The van der Waals surface area contributed by atoms with Crippen LogP contribution in [0.2, 0.25) is 0 Å². The van der Waals surface area contributed by atoms with Crippen LogP contribution in [-0.4, -0.2) is 35.3 Å². The molecular weight excluding hydrogens is 336 g/mol. The molecule has 1 rings (SSSR count). The molecule has 0 radical (unpaired) electrons. The Balaban J connectivity index is 2.47. The minimum absolute atomic E-state index is 0.0636. The second kappa shape index (κ2) is 10.4. The second-order valence-corrected chi connectivity index (χ2v) is 4.97. The number of carboxylic acid groups (broad SMARTS) is 1. The number of ether oxygens (including phenoxy) is 2. The molecule has 0 aliphatic heterocycles. The van der Waals surface area contributed by atoms with Crippen LogP contribution in [-0.2, 0) is 9.53 Å². The summed E-state index contributed by atoms with van der Waals surface area (Å²) in [5, 5.41) is 22.7. The summed E-state index contributed by atoms with van der Waals surface area (Å²) in [5.74, 6) is -1.43. The number of non-ortho nitro benzene ring substituents is 1. The molecule has 0 aliphatic rings. The fourth-order valence-corrected chi connectivity index (χ4v) is 1.93. The zero-order valence-corrected chi connectivity index (χ0v) is 13.1. The number of azide groups is 1. The lowest BCUT2D eigenvalue weighted by atomic mass is 10.0. The van der Waals surface area contributed by atoms with Crippen molar-refractivity contribution >= 4 is 17.8 Å². The van der Waals surface area contributed by atoms with E-state index in [0.29, 0.717) is 12.8 Å². The summed E-state index contributed by atoms with van der Waals surface area (Å²) in [5.41, 5.74) is 8.03. The lowest BCUT2D eigenvalue weighted by Gasteiger charge is -2.14. The SMILES string of the molecule is [N-]=[N+]=NCCCC(COC(=O)Oc1ccc([N+](=O)[O-])cc1)CC(=O)O. The van der Waals surface area contributed by atoms with E-state index in [1.54, 1.807) is 0 Å². The van der Waals surface area contributed by atoms with E-state index in [1.807, 2.05) is 0 Å². The summed E-state index contributed by atoms with van der Waals surface area (Å²) in [6.07, 6.45) is -0.390. The number of carboxylic acids is 1. The topological polar surface area (TPSA) is 165 Å². The number of nitro groups is 1. The van der Waals surface area contributed by atoms with Crippen LogP contribution in [0.3, 0.4) is 0 Å². The largest absolute Gasteiger partial charge is 0.513 e. The van der Waals surface area contributed by atoms with Crippen molar-refractivity contribution in [2.24, 2.45) is 11.0 Å². The molecule has 11 nitrogen and oxygen atoms in total. The maximum absolute atomic E-state index is 11.6. The van der Waals surface area contributed by atoms with Gasteiger partial charge in [0, 0.05) is 29.5 Å². The van der Waals surface area contributed by atoms with E-state index >= 15 is 0 Å². The van der Waals surface area contributed by atoms with Crippen molar-refractivity contribution in [3.63, 3.8) is 0 Å². The number of carbonyl (C=O) groups excluding carboxylic acids is 1. The Morgan fingerprint density at radius 3 is 2.60 bits per heavy atom. The molecular formula is C14H16N4O7. The Morgan fingerprint density at radius 2 is 2.04 bits per heavy atom. The van der Waals surface area contributed by atoms with Gasteiger partial charge >= 0.3 is 12.1 Å². The normalized spacial score (nSPS) is 11.0. The fourth-order valence-electron chi connectivity index (χ4n) is 1.93. The summed E-state index contributed by atoms with van der Waals surface area (Å²) < 4.78 is 9.73. The van der Waals surface area contributed by atoms with Crippen LogP contribution in [0, 0.1) is 16.0 Å². The van der Waals surface area contributed by atoms with Crippen molar-refractivity contribution < 1.29 is 29.1 Å². The molecule has 1 aromatic rings. The number of nitro benzene ring substituents is 1. The molecule has 0 spiro atoms. The van der Waals surface area contributed by atoms with Crippen LogP contribution < -0.4 is 4.74 Å². The van der Waals surface area contributed by atoms with Gasteiger partial charge in [0.05, 0.1) is 18.0 Å². The Morgan fingerprint density at radius 1 is 1.36 bits per heavy atom. The Bertz CT molecular complexity index is 656. The van der Waals surface area contributed by atoms with Crippen LogP contribution in [0.5, 0.6) is 5.75 Å². The number of nitrogens with zero attached hydrogens (tertiary/aromatic N) is 4. The molecule has 11 heteroatoms. The molecule has 0 aliphatic carbocycles. The van der Waals surface area contributed by atoms with Crippen molar-refractivity contribution in [1.29, 1.82) is 0 Å². The van der Waals surface area contributed by atoms with Gasteiger partial charge in [-0.2, -0.15) is 0 Å². The zero-order chi connectivity index (χ0) is 18.7. The predicted molar refractivity (Wildman–Crippen MR) is 84.1 cm³/mol. The van der Waals surface area contributed by atoms with Gasteiger partial charge < -0.3 is 14.6 Å².